The van der Waals surface area contributed by atoms with Crippen LogP contribution in [0.5, 0.6) is 5.75 Å². The second-order valence-electron chi connectivity index (χ2n) is 9.01. The van der Waals surface area contributed by atoms with Crippen molar-refractivity contribution >= 4 is 11.6 Å². The highest BCUT2D eigenvalue weighted by Gasteiger charge is 2.19. The van der Waals surface area contributed by atoms with E-state index in [1.807, 2.05) is 66.7 Å². The number of carbonyl (C=O) groups is 1. The first kappa shape index (κ1) is 25.3. The Hall–Kier alpha value is -3.75. The van der Waals surface area contributed by atoms with Gasteiger partial charge in [0.2, 0.25) is 0 Å². The van der Waals surface area contributed by atoms with E-state index in [2.05, 4.69) is 39.1 Å². The minimum atomic E-state index is -0.0363. The highest BCUT2D eigenvalue weighted by Crippen LogP contribution is 2.28. The number of ether oxygens (including phenoxy) is 1. The summed E-state index contributed by atoms with van der Waals surface area (Å²) in [4.78, 5) is 17.5. The highest BCUT2D eigenvalue weighted by atomic mass is 16.5. The zero-order chi connectivity index (χ0) is 25.0. The van der Waals surface area contributed by atoms with Crippen molar-refractivity contribution in [1.29, 1.82) is 0 Å². The number of carbonyl (C=O) groups excluding carboxylic acids is 1. The molecule has 0 spiro atoms. The molecule has 1 fully saturated rings. The van der Waals surface area contributed by atoms with Gasteiger partial charge in [-0.25, -0.2) is 0 Å². The molecule has 0 radical (unpaired) electrons. The maximum Gasteiger partial charge on any atom is 0.251 e. The van der Waals surface area contributed by atoms with E-state index in [0.29, 0.717) is 12.1 Å². The van der Waals surface area contributed by atoms with Crippen LogP contribution in [0.4, 0.5) is 5.69 Å². The first-order valence-electron chi connectivity index (χ1n) is 12.8. The molecule has 0 aliphatic carbocycles. The van der Waals surface area contributed by atoms with Crippen LogP contribution in [0.3, 0.4) is 0 Å². The smallest absolute Gasteiger partial charge is 0.251 e. The van der Waals surface area contributed by atoms with Crippen LogP contribution in [0.15, 0.2) is 78.9 Å². The summed E-state index contributed by atoms with van der Waals surface area (Å²) in [6, 6.07) is 25.6. The van der Waals surface area contributed by atoms with Gasteiger partial charge in [-0.2, -0.15) is 0 Å². The van der Waals surface area contributed by atoms with Crippen LogP contribution < -0.4 is 15.0 Å². The summed E-state index contributed by atoms with van der Waals surface area (Å²) in [5.41, 5.74) is 3.65. The Bertz CT molecular complexity index is 1170. The van der Waals surface area contributed by atoms with E-state index in [9.17, 15) is 4.79 Å². The summed E-state index contributed by atoms with van der Waals surface area (Å²) in [6.45, 7) is 5.98. The molecule has 5 heteroatoms. The average Bonchev–Trinajstić information content (AvgIpc) is 2.94. The molecule has 3 aromatic rings. The van der Waals surface area contributed by atoms with E-state index in [4.69, 9.17) is 4.74 Å². The van der Waals surface area contributed by atoms with Gasteiger partial charge in [0.15, 0.2) is 0 Å². The molecule has 1 heterocycles. The van der Waals surface area contributed by atoms with Crippen molar-refractivity contribution in [3.8, 4) is 17.6 Å². The summed E-state index contributed by atoms with van der Waals surface area (Å²) in [7, 11) is 1.73. The lowest BCUT2D eigenvalue weighted by Gasteiger charge is -2.36. The Balaban J connectivity index is 1.12. The van der Waals surface area contributed by atoms with Gasteiger partial charge in [-0.3, -0.25) is 9.69 Å². The van der Waals surface area contributed by atoms with Gasteiger partial charge in [0, 0.05) is 49.4 Å². The molecular weight excluding hydrogens is 446 g/mol. The molecule has 0 aromatic heterocycles. The third-order valence-electron chi connectivity index (χ3n) is 6.48. The maximum absolute atomic E-state index is 12.6. The standard InChI is InChI=1S/C31H35N3O2/c1-36-30-16-7-6-15-29(30)34-23-21-33(22-24-34)20-9-3-8-19-32-31(35)28-14-10-13-27(25-28)18-17-26-11-4-2-5-12-26/h2,4-7,10-16,25H,3,8-9,19-24H2,1H3,(H,32,35). The minimum absolute atomic E-state index is 0.0363. The molecule has 5 nitrogen and oxygen atoms in total. The predicted octanol–water partition coefficient (Wildman–Crippen LogP) is 4.82. The average molecular weight is 482 g/mol. The van der Waals surface area contributed by atoms with Gasteiger partial charge in [0.1, 0.15) is 5.75 Å². The van der Waals surface area contributed by atoms with Gasteiger partial charge in [-0.15, -0.1) is 0 Å². The fraction of sp³-hybridized carbons (Fsp3) is 0.323. The number of para-hydroxylation sites is 2. The molecule has 1 N–H and O–H groups in total. The number of hydrogen-bond acceptors (Lipinski definition) is 4. The molecule has 186 valence electrons. The number of rotatable bonds is 9. The number of hydrogen-bond donors (Lipinski definition) is 1. The van der Waals surface area contributed by atoms with Crippen molar-refractivity contribution in [3.63, 3.8) is 0 Å². The van der Waals surface area contributed by atoms with E-state index in [-0.39, 0.29) is 5.91 Å². The van der Waals surface area contributed by atoms with E-state index >= 15 is 0 Å². The molecule has 1 amide bonds. The lowest BCUT2D eigenvalue weighted by Crippen LogP contribution is -2.46. The number of unbranched alkanes of at least 4 members (excludes halogenated alkanes) is 2. The van der Waals surface area contributed by atoms with Crippen molar-refractivity contribution in [2.24, 2.45) is 0 Å². The fourth-order valence-electron chi connectivity index (χ4n) is 4.45. The first-order chi connectivity index (χ1) is 17.7. The zero-order valence-electron chi connectivity index (χ0n) is 21.1. The van der Waals surface area contributed by atoms with E-state index < -0.39 is 0 Å². The van der Waals surface area contributed by atoms with Crippen molar-refractivity contribution in [3.05, 3.63) is 95.6 Å². The highest BCUT2D eigenvalue weighted by molar-refractivity contribution is 5.94. The Labute approximate surface area is 215 Å². The molecule has 0 bridgehead atoms. The lowest BCUT2D eigenvalue weighted by molar-refractivity contribution is 0.0952. The lowest BCUT2D eigenvalue weighted by atomic mass is 10.1. The summed E-state index contributed by atoms with van der Waals surface area (Å²) in [5.74, 6) is 7.20. The number of nitrogens with zero attached hydrogens (tertiary/aromatic N) is 2. The summed E-state index contributed by atoms with van der Waals surface area (Å²) >= 11 is 0. The second-order valence-corrected chi connectivity index (χ2v) is 9.01. The Morgan fingerprint density at radius 2 is 1.56 bits per heavy atom. The Morgan fingerprint density at radius 1 is 0.833 bits per heavy atom. The van der Waals surface area contributed by atoms with Crippen LogP contribution in [0.2, 0.25) is 0 Å². The van der Waals surface area contributed by atoms with E-state index in [1.165, 1.54) is 5.69 Å². The van der Waals surface area contributed by atoms with Crippen molar-refractivity contribution in [1.82, 2.24) is 10.2 Å². The van der Waals surface area contributed by atoms with Gasteiger partial charge in [-0.05, 0) is 61.9 Å². The van der Waals surface area contributed by atoms with Crippen LogP contribution >= 0.6 is 0 Å². The van der Waals surface area contributed by atoms with Gasteiger partial charge in [-0.1, -0.05) is 54.7 Å². The molecule has 0 atom stereocenters. The van der Waals surface area contributed by atoms with Crippen LogP contribution in [0.25, 0.3) is 0 Å². The zero-order valence-corrected chi connectivity index (χ0v) is 21.1. The maximum atomic E-state index is 12.6. The quantitative estimate of drug-likeness (QED) is 0.352. The molecule has 3 aromatic carbocycles. The fourth-order valence-corrected chi connectivity index (χ4v) is 4.45. The van der Waals surface area contributed by atoms with Crippen molar-refractivity contribution in [2.45, 2.75) is 19.3 Å². The number of anilines is 1. The number of nitrogens with one attached hydrogen (secondary N) is 1. The second kappa shape index (κ2) is 13.4. The van der Waals surface area contributed by atoms with Crippen LogP contribution in [0, 0.1) is 11.8 Å². The molecule has 1 saturated heterocycles. The minimum Gasteiger partial charge on any atom is -0.495 e. The molecule has 0 unspecified atom stereocenters. The van der Waals surface area contributed by atoms with Crippen LogP contribution in [0.1, 0.15) is 40.7 Å². The van der Waals surface area contributed by atoms with Crippen molar-refractivity contribution < 1.29 is 9.53 Å². The van der Waals surface area contributed by atoms with Crippen LogP contribution in [-0.2, 0) is 0 Å². The SMILES string of the molecule is COc1ccccc1N1CCN(CCCCCNC(=O)c2cccc(C#Cc3ccccc3)c2)CC1. The summed E-state index contributed by atoms with van der Waals surface area (Å²) in [6.07, 6.45) is 3.24. The predicted molar refractivity (Wildman–Crippen MR) is 147 cm³/mol. The number of piperazine rings is 1. The Kier molecular flexibility index (Phi) is 9.41. The van der Waals surface area contributed by atoms with Gasteiger partial charge >= 0.3 is 0 Å². The van der Waals surface area contributed by atoms with E-state index in [1.54, 1.807) is 7.11 Å². The molecule has 1 aliphatic rings. The van der Waals surface area contributed by atoms with Crippen LogP contribution in [-0.4, -0.2) is 57.2 Å². The third kappa shape index (κ3) is 7.37. The third-order valence-corrected chi connectivity index (χ3v) is 6.48. The molecule has 1 aliphatic heterocycles. The Morgan fingerprint density at radius 3 is 2.36 bits per heavy atom. The first-order valence-corrected chi connectivity index (χ1v) is 12.8. The topological polar surface area (TPSA) is 44.8 Å². The number of amides is 1. The monoisotopic (exact) mass is 481 g/mol. The molecule has 0 saturated carbocycles. The molecule has 4 rings (SSSR count). The van der Waals surface area contributed by atoms with E-state index in [0.717, 1.165) is 68.9 Å². The summed E-state index contributed by atoms with van der Waals surface area (Å²) < 4.78 is 5.52. The number of methoxy groups -OCH3 is 1. The molecular formula is C31H35N3O2. The molecule has 36 heavy (non-hydrogen) atoms. The largest absolute Gasteiger partial charge is 0.495 e. The number of benzene rings is 3. The van der Waals surface area contributed by atoms with Gasteiger partial charge < -0.3 is 15.0 Å². The van der Waals surface area contributed by atoms with Gasteiger partial charge in [0.05, 0.1) is 12.8 Å². The summed E-state index contributed by atoms with van der Waals surface area (Å²) in [5, 5.41) is 3.05. The van der Waals surface area contributed by atoms with Gasteiger partial charge in [0.25, 0.3) is 5.91 Å². The normalized spacial score (nSPS) is 13.5. The van der Waals surface area contributed by atoms with Crippen molar-refractivity contribution in [2.75, 3.05) is 51.3 Å².